The van der Waals surface area contributed by atoms with Gasteiger partial charge in [0.2, 0.25) is 5.90 Å². The SMILES string of the molecule is COc1ccc(/C(SC)=C2/N=C(c3ccccc3)OC2=O)cc1. The lowest BCUT2D eigenvalue weighted by Gasteiger charge is -2.06. The fraction of sp³-hybridized carbons (Fsp3) is 0.111. The Hall–Kier alpha value is -2.53. The van der Waals surface area contributed by atoms with Gasteiger partial charge < -0.3 is 9.47 Å². The molecule has 0 atom stereocenters. The number of thioether (sulfide) groups is 1. The molecule has 1 heterocycles. The van der Waals surface area contributed by atoms with Crippen molar-refractivity contribution in [1.82, 2.24) is 0 Å². The fourth-order valence-electron chi connectivity index (χ4n) is 2.25. The largest absolute Gasteiger partial charge is 0.497 e. The van der Waals surface area contributed by atoms with E-state index in [1.54, 1.807) is 7.11 Å². The molecule has 0 N–H and O–H groups in total. The molecule has 0 amide bonds. The van der Waals surface area contributed by atoms with Gasteiger partial charge in [0.1, 0.15) is 5.75 Å². The van der Waals surface area contributed by atoms with Gasteiger partial charge >= 0.3 is 5.97 Å². The minimum Gasteiger partial charge on any atom is -0.497 e. The first-order valence-corrected chi connectivity index (χ1v) is 8.24. The van der Waals surface area contributed by atoms with E-state index in [2.05, 4.69) is 4.99 Å². The molecule has 4 nitrogen and oxygen atoms in total. The maximum Gasteiger partial charge on any atom is 0.365 e. The average Bonchev–Trinajstić information content (AvgIpc) is 2.99. The van der Waals surface area contributed by atoms with E-state index in [-0.39, 0.29) is 0 Å². The maximum absolute atomic E-state index is 12.2. The highest BCUT2D eigenvalue weighted by atomic mass is 32.2. The van der Waals surface area contributed by atoms with Crippen molar-refractivity contribution in [3.63, 3.8) is 0 Å². The highest BCUT2D eigenvalue weighted by Gasteiger charge is 2.27. The molecule has 0 radical (unpaired) electrons. The molecule has 0 aromatic heterocycles. The van der Waals surface area contributed by atoms with Gasteiger partial charge in [0, 0.05) is 10.5 Å². The van der Waals surface area contributed by atoms with Crippen LogP contribution in [0.2, 0.25) is 0 Å². The number of benzene rings is 2. The van der Waals surface area contributed by atoms with Crippen LogP contribution in [-0.4, -0.2) is 25.2 Å². The van der Waals surface area contributed by atoms with Crippen LogP contribution in [0.4, 0.5) is 0 Å². The predicted molar refractivity (Wildman–Crippen MR) is 92.5 cm³/mol. The summed E-state index contributed by atoms with van der Waals surface area (Å²) in [6.07, 6.45) is 1.91. The Bertz CT molecular complexity index is 780. The van der Waals surface area contributed by atoms with E-state index in [0.717, 1.165) is 21.8 Å². The van der Waals surface area contributed by atoms with Crippen LogP contribution in [0.5, 0.6) is 5.75 Å². The molecule has 0 bridgehead atoms. The van der Waals surface area contributed by atoms with Gasteiger partial charge in [-0.1, -0.05) is 30.3 Å². The summed E-state index contributed by atoms with van der Waals surface area (Å²) in [6, 6.07) is 16.9. The van der Waals surface area contributed by atoms with E-state index in [0.29, 0.717) is 11.6 Å². The summed E-state index contributed by atoms with van der Waals surface area (Å²) in [7, 11) is 1.62. The summed E-state index contributed by atoms with van der Waals surface area (Å²) in [5.41, 5.74) is 2.02. The van der Waals surface area contributed by atoms with Crippen LogP contribution in [0.15, 0.2) is 65.3 Å². The molecular weight excluding hydrogens is 310 g/mol. The standard InChI is InChI=1S/C18H15NO3S/c1-21-14-10-8-12(9-11-14)16(23-2)15-18(20)22-17(19-15)13-6-4-3-5-7-13/h3-11H,1-2H3/b16-15-. The number of carbonyl (C=O) groups is 1. The number of hydrogen-bond acceptors (Lipinski definition) is 5. The minimum atomic E-state index is -0.427. The molecule has 2 aromatic carbocycles. The third kappa shape index (κ3) is 3.14. The van der Waals surface area contributed by atoms with Crippen LogP contribution in [0.3, 0.4) is 0 Å². The van der Waals surface area contributed by atoms with Gasteiger partial charge in [0.05, 0.1) is 7.11 Å². The first-order valence-electron chi connectivity index (χ1n) is 7.02. The normalized spacial score (nSPS) is 15.9. The number of carbonyl (C=O) groups excluding carboxylic acids is 1. The topological polar surface area (TPSA) is 47.9 Å². The van der Waals surface area contributed by atoms with E-state index in [9.17, 15) is 4.79 Å². The molecule has 0 spiro atoms. The summed E-state index contributed by atoms with van der Waals surface area (Å²) in [5, 5.41) is 0. The number of methoxy groups -OCH3 is 1. The Labute approximate surface area is 138 Å². The second-order valence-electron chi connectivity index (χ2n) is 4.78. The van der Waals surface area contributed by atoms with E-state index in [4.69, 9.17) is 9.47 Å². The minimum absolute atomic E-state index is 0.335. The Balaban J connectivity index is 2.02. The van der Waals surface area contributed by atoms with E-state index in [1.165, 1.54) is 11.8 Å². The van der Waals surface area contributed by atoms with Crippen molar-refractivity contribution >= 4 is 28.5 Å². The number of cyclic esters (lactones) is 1. The smallest absolute Gasteiger partial charge is 0.365 e. The van der Waals surface area contributed by atoms with Crippen molar-refractivity contribution in [1.29, 1.82) is 0 Å². The predicted octanol–water partition coefficient (Wildman–Crippen LogP) is 3.73. The van der Waals surface area contributed by atoms with Crippen molar-refractivity contribution in [2.45, 2.75) is 0 Å². The van der Waals surface area contributed by atoms with E-state index >= 15 is 0 Å². The van der Waals surface area contributed by atoms with Crippen molar-refractivity contribution in [2.24, 2.45) is 4.99 Å². The summed E-state index contributed by atoms with van der Waals surface area (Å²) in [5.74, 6) is 0.677. The number of esters is 1. The molecule has 2 aromatic rings. The van der Waals surface area contributed by atoms with Crippen molar-refractivity contribution < 1.29 is 14.3 Å². The Morgan fingerprint density at radius 2 is 1.78 bits per heavy atom. The second kappa shape index (κ2) is 6.71. The van der Waals surface area contributed by atoms with E-state index < -0.39 is 5.97 Å². The van der Waals surface area contributed by atoms with Gasteiger partial charge in [0.25, 0.3) is 0 Å². The van der Waals surface area contributed by atoms with Crippen LogP contribution in [0.1, 0.15) is 11.1 Å². The van der Waals surface area contributed by atoms with E-state index in [1.807, 2.05) is 60.9 Å². The molecule has 1 aliphatic rings. The summed E-state index contributed by atoms with van der Waals surface area (Å²) >= 11 is 1.47. The summed E-state index contributed by atoms with van der Waals surface area (Å²) < 4.78 is 10.5. The molecule has 1 aliphatic heterocycles. The van der Waals surface area contributed by atoms with Crippen LogP contribution < -0.4 is 4.74 Å². The molecule has 0 aliphatic carbocycles. The third-order valence-corrected chi connectivity index (χ3v) is 4.23. The Morgan fingerprint density at radius 3 is 2.39 bits per heavy atom. The molecule has 5 heteroatoms. The van der Waals surface area contributed by atoms with Gasteiger partial charge in [-0.15, -0.1) is 11.8 Å². The number of aliphatic imine (C=N–C) groups is 1. The lowest BCUT2D eigenvalue weighted by Crippen LogP contribution is -2.05. The number of nitrogens with zero attached hydrogens (tertiary/aromatic N) is 1. The van der Waals surface area contributed by atoms with Crippen molar-refractivity contribution in [3.05, 3.63) is 71.4 Å². The molecule has 0 saturated heterocycles. The monoisotopic (exact) mass is 325 g/mol. The van der Waals surface area contributed by atoms with Crippen LogP contribution in [-0.2, 0) is 9.53 Å². The molecule has 0 saturated carbocycles. The zero-order valence-corrected chi connectivity index (χ0v) is 13.6. The van der Waals surface area contributed by atoms with Gasteiger partial charge in [-0.2, -0.15) is 0 Å². The molecule has 3 rings (SSSR count). The van der Waals surface area contributed by atoms with Crippen molar-refractivity contribution in [2.75, 3.05) is 13.4 Å². The maximum atomic E-state index is 12.2. The average molecular weight is 325 g/mol. The highest BCUT2D eigenvalue weighted by Crippen LogP contribution is 2.33. The molecule has 116 valence electrons. The summed E-state index contributed by atoms with van der Waals surface area (Å²) in [4.78, 5) is 17.4. The van der Waals surface area contributed by atoms with Gasteiger partial charge in [-0.25, -0.2) is 9.79 Å². The second-order valence-corrected chi connectivity index (χ2v) is 5.60. The molecule has 0 fully saturated rings. The quantitative estimate of drug-likeness (QED) is 0.635. The molecule has 23 heavy (non-hydrogen) atoms. The Kier molecular flexibility index (Phi) is 4.48. The zero-order valence-electron chi connectivity index (χ0n) is 12.8. The molecular formula is C18H15NO3S. The third-order valence-electron chi connectivity index (χ3n) is 3.39. The van der Waals surface area contributed by atoms with Gasteiger partial charge in [-0.05, 0) is 36.1 Å². The number of ether oxygens (including phenoxy) is 2. The lowest BCUT2D eigenvalue weighted by atomic mass is 10.2. The first-order chi connectivity index (χ1) is 11.2. The van der Waals surface area contributed by atoms with Gasteiger partial charge in [-0.3, -0.25) is 0 Å². The number of rotatable bonds is 4. The number of hydrogen-bond donors (Lipinski definition) is 0. The lowest BCUT2D eigenvalue weighted by molar-refractivity contribution is -0.129. The Morgan fingerprint density at radius 1 is 1.09 bits per heavy atom. The fourth-order valence-corrected chi connectivity index (χ4v) is 2.94. The van der Waals surface area contributed by atoms with Crippen LogP contribution >= 0.6 is 11.8 Å². The highest BCUT2D eigenvalue weighted by molar-refractivity contribution is 8.07. The van der Waals surface area contributed by atoms with Crippen molar-refractivity contribution in [3.8, 4) is 5.75 Å². The zero-order chi connectivity index (χ0) is 16.2. The first kappa shape index (κ1) is 15.4. The summed E-state index contributed by atoms with van der Waals surface area (Å²) in [6.45, 7) is 0. The van der Waals surface area contributed by atoms with Gasteiger partial charge in [0.15, 0.2) is 5.70 Å². The van der Waals surface area contributed by atoms with Crippen LogP contribution in [0.25, 0.3) is 4.91 Å². The molecule has 0 unspecified atom stereocenters. The van der Waals surface area contributed by atoms with Crippen LogP contribution in [0, 0.1) is 0 Å².